The van der Waals surface area contributed by atoms with Gasteiger partial charge in [-0.25, -0.2) is 0 Å². The van der Waals surface area contributed by atoms with Crippen molar-refractivity contribution in [1.29, 1.82) is 0 Å². The Kier molecular flexibility index (Phi) is 9.12. The second-order valence-corrected chi connectivity index (χ2v) is 26.8. The summed E-state index contributed by atoms with van der Waals surface area (Å²) in [6, 6.07) is 43.9. The van der Waals surface area contributed by atoms with E-state index in [0.717, 1.165) is 0 Å². The lowest BCUT2D eigenvalue weighted by Gasteiger charge is -2.26. The van der Waals surface area contributed by atoms with Gasteiger partial charge in [0.2, 0.25) is 0 Å². The molecular weight excluding hydrogens is 821 g/mol. The summed E-state index contributed by atoms with van der Waals surface area (Å²) in [6.07, 6.45) is 0. The minimum Gasteiger partial charge on any atom is -0.307 e. The van der Waals surface area contributed by atoms with E-state index >= 15 is 0 Å². The zero-order valence-corrected chi connectivity index (χ0v) is 44.3. The van der Waals surface area contributed by atoms with Crippen LogP contribution < -0.4 is 0 Å². The summed E-state index contributed by atoms with van der Waals surface area (Å²) in [5.41, 5.74) is 21.1. The fourth-order valence-electron chi connectivity index (χ4n) is 11.5. The molecule has 0 saturated heterocycles. The first-order valence-corrected chi connectivity index (χ1v) is 25.3. The number of rotatable bonds is 2. The molecule has 0 saturated carbocycles. The van der Waals surface area contributed by atoms with E-state index in [9.17, 15) is 0 Å². The van der Waals surface area contributed by atoms with Gasteiger partial charge in [-0.3, -0.25) is 0 Å². The van der Waals surface area contributed by atoms with E-state index in [4.69, 9.17) is 0 Å². The molecule has 0 radical (unpaired) electrons. The number of hydrogen-bond acceptors (Lipinski definition) is 0. The van der Waals surface area contributed by atoms with Crippen molar-refractivity contribution in [3.05, 3.63) is 143 Å². The number of nitrogens with zero attached hydrogens (tertiary/aromatic N) is 2. The minimum atomic E-state index is -0.0218. The topological polar surface area (TPSA) is 8.82 Å². The molecule has 0 aliphatic rings. The molecule has 11 rings (SSSR count). The van der Waals surface area contributed by atoms with Gasteiger partial charge in [0.05, 0.1) is 33.1 Å². The smallest absolute Gasteiger partial charge is 0.0634 e. The van der Waals surface area contributed by atoms with Gasteiger partial charge < -0.3 is 8.80 Å². The molecule has 0 spiro atoms. The van der Waals surface area contributed by atoms with Crippen molar-refractivity contribution in [3.63, 3.8) is 0 Å². The Hall–Kier alpha value is -5.86. The Morgan fingerprint density at radius 1 is 0.265 bits per heavy atom. The summed E-state index contributed by atoms with van der Waals surface area (Å²) < 4.78 is 5.38. The molecule has 4 aromatic heterocycles. The molecule has 11 aromatic rings. The number of para-hydroxylation sites is 2. The lowest BCUT2D eigenvalue weighted by molar-refractivity contribution is 0.568. The third-order valence-corrected chi connectivity index (χ3v) is 15.7. The molecule has 0 N–H and O–H groups in total. The molecule has 0 fully saturated rings. The first-order valence-electron chi connectivity index (χ1n) is 25.3. The van der Waals surface area contributed by atoms with Crippen molar-refractivity contribution in [2.45, 2.75) is 157 Å². The highest BCUT2D eigenvalue weighted by Gasteiger charge is 2.33. The third-order valence-electron chi connectivity index (χ3n) is 15.7. The zero-order chi connectivity index (χ0) is 48.7. The summed E-state index contributed by atoms with van der Waals surface area (Å²) >= 11 is 0. The number of aromatic nitrogens is 2. The lowest BCUT2D eigenvalue weighted by atomic mass is 9.78. The van der Waals surface area contributed by atoms with Gasteiger partial charge in [0, 0.05) is 54.2 Å². The van der Waals surface area contributed by atoms with Crippen molar-refractivity contribution in [2.75, 3.05) is 0 Å². The quantitative estimate of drug-likeness (QED) is 0.163. The Balaban J connectivity index is 1.42. The van der Waals surface area contributed by atoms with E-state index in [1.165, 1.54) is 132 Å². The van der Waals surface area contributed by atoms with Gasteiger partial charge in [-0.2, -0.15) is 0 Å². The highest BCUT2D eigenvalue weighted by molar-refractivity contribution is 6.46. The maximum Gasteiger partial charge on any atom is 0.0634 e. The fourth-order valence-corrected chi connectivity index (χ4v) is 11.5. The van der Waals surface area contributed by atoms with Crippen LogP contribution in [0.3, 0.4) is 0 Å². The van der Waals surface area contributed by atoms with E-state index < -0.39 is 0 Å². The Morgan fingerprint density at radius 3 is 0.853 bits per heavy atom. The monoisotopic (exact) mass is 893 g/mol. The first-order chi connectivity index (χ1) is 31.5. The first kappa shape index (κ1) is 44.6. The van der Waals surface area contributed by atoms with Crippen LogP contribution in [-0.4, -0.2) is 8.80 Å². The molecule has 0 unspecified atom stereocenters. The largest absolute Gasteiger partial charge is 0.307 e. The van der Waals surface area contributed by atoms with Gasteiger partial charge in [-0.1, -0.05) is 210 Å². The van der Waals surface area contributed by atoms with Crippen LogP contribution in [-0.2, 0) is 32.5 Å². The molecule has 2 heteroatoms. The molecule has 2 nitrogen and oxygen atoms in total. The Morgan fingerprint density at radius 2 is 0.559 bits per heavy atom. The molecule has 0 bridgehead atoms. The highest BCUT2D eigenvalue weighted by Crippen LogP contribution is 2.55. The van der Waals surface area contributed by atoms with E-state index in [1.54, 1.807) is 0 Å². The van der Waals surface area contributed by atoms with Crippen LogP contribution >= 0.6 is 0 Å². The van der Waals surface area contributed by atoms with Crippen molar-refractivity contribution in [2.24, 2.45) is 0 Å². The molecule has 7 aromatic carbocycles. The van der Waals surface area contributed by atoms with E-state index in [-0.39, 0.29) is 32.5 Å². The summed E-state index contributed by atoms with van der Waals surface area (Å²) in [5.74, 6) is 0. The zero-order valence-electron chi connectivity index (χ0n) is 44.3. The van der Waals surface area contributed by atoms with Crippen molar-refractivity contribution < 1.29 is 0 Å². The minimum absolute atomic E-state index is 0.00697. The third kappa shape index (κ3) is 6.48. The number of benzene rings is 7. The predicted octanol–water partition coefficient (Wildman–Crippen LogP) is 19.1. The molecule has 0 aliphatic carbocycles. The standard InChI is InChI=1S/C66H72N2/c1-61(2,3)39-25-27-51-49(35-39)55-53-47-23-19-22-46(38-31-43(65(13,14)15)34-44(32-38)66(16,17)18)58(47)68-52-28-26-40(62(4,5)6)36-50(52)56(60(53)68)54-48-24-20-21-45(57(48)67(51)59(54)55)37-29-41(63(7,8)9)33-42(30-37)64(10,11)12/h19-36H,1-18H3. The number of fused-ring (bicyclic) bond motifs is 14. The molecule has 0 amide bonds. The van der Waals surface area contributed by atoms with Crippen molar-refractivity contribution in [3.8, 4) is 22.3 Å². The predicted molar refractivity (Wildman–Crippen MR) is 299 cm³/mol. The maximum atomic E-state index is 2.69. The van der Waals surface area contributed by atoms with Gasteiger partial charge >= 0.3 is 0 Å². The van der Waals surface area contributed by atoms with Gasteiger partial charge in [0.1, 0.15) is 0 Å². The van der Waals surface area contributed by atoms with Crippen molar-refractivity contribution >= 4 is 76.2 Å². The normalized spacial score (nSPS) is 14.0. The molecule has 4 heterocycles. The van der Waals surface area contributed by atoms with Crippen LogP contribution in [0.4, 0.5) is 0 Å². The SMILES string of the molecule is CC(C)(C)c1cc(-c2cccc3c4c5c6cc(C(C)(C)C)ccc6n6c7c(-c8cc(C(C)(C)C)cc(C(C)(C)C)c8)cccc7c(c7c8cc(C(C)(C)C)ccc8n(c23)c74)c56)cc(C(C)(C)C)c1. The van der Waals surface area contributed by atoms with Crippen LogP contribution in [0.15, 0.2) is 109 Å². The fraction of sp³-hybridized carbons (Fsp3) is 0.364. The van der Waals surface area contributed by atoms with E-state index in [2.05, 4.69) is 243 Å². The Bertz CT molecular complexity index is 3550. The molecule has 0 atom stereocenters. The second-order valence-electron chi connectivity index (χ2n) is 26.8. The van der Waals surface area contributed by atoms with E-state index in [0.29, 0.717) is 0 Å². The van der Waals surface area contributed by atoms with Gasteiger partial charge in [0.15, 0.2) is 0 Å². The summed E-state index contributed by atoms with van der Waals surface area (Å²) in [7, 11) is 0. The summed E-state index contributed by atoms with van der Waals surface area (Å²) in [5, 5.41) is 10.8. The molecule has 346 valence electrons. The van der Waals surface area contributed by atoms with Crippen LogP contribution in [0.2, 0.25) is 0 Å². The van der Waals surface area contributed by atoms with Gasteiger partial charge in [0.25, 0.3) is 0 Å². The van der Waals surface area contributed by atoms with Crippen LogP contribution in [0.5, 0.6) is 0 Å². The molecular formula is C66H72N2. The highest BCUT2D eigenvalue weighted by atomic mass is 14.9. The lowest BCUT2D eigenvalue weighted by Crippen LogP contribution is -2.16. The maximum absolute atomic E-state index is 2.69. The number of hydrogen-bond donors (Lipinski definition) is 0. The Labute approximate surface area is 405 Å². The molecule has 68 heavy (non-hydrogen) atoms. The van der Waals surface area contributed by atoms with Gasteiger partial charge in [-0.05, 0) is 101 Å². The van der Waals surface area contributed by atoms with E-state index in [1.807, 2.05) is 0 Å². The van der Waals surface area contributed by atoms with Crippen LogP contribution in [0, 0.1) is 0 Å². The van der Waals surface area contributed by atoms with Gasteiger partial charge in [-0.15, -0.1) is 0 Å². The molecule has 0 aliphatic heterocycles. The van der Waals surface area contributed by atoms with Crippen molar-refractivity contribution in [1.82, 2.24) is 8.80 Å². The van der Waals surface area contributed by atoms with Crippen LogP contribution in [0.25, 0.3) is 98.4 Å². The average molecular weight is 893 g/mol. The summed E-state index contributed by atoms with van der Waals surface area (Å²) in [6.45, 7) is 42.4. The second kappa shape index (κ2) is 13.9. The average Bonchev–Trinajstić information content (AvgIpc) is 3.97. The van der Waals surface area contributed by atoms with Crippen LogP contribution in [0.1, 0.15) is 158 Å². The summed E-state index contributed by atoms with van der Waals surface area (Å²) in [4.78, 5) is 0.